The summed E-state index contributed by atoms with van der Waals surface area (Å²) in [4.78, 5) is 19.3. The molecular weight excluding hydrogens is 360 g/mol. The van der Waals surface area contributed by atoms with E-state index in [1.807, 2.05) is 0 Å². The first kappa shape index (κ1) is 30.8. The number of hydrogen-bond acceptors (Lipinski definition) is 5. The number of carboxylic acid groups (broad SMARTS) is 1. The van der Waals surface area contributed by atoms with Crippen LogP contribution in [0.3, 0.4) is 0 Å². The number of unbranched alkanes of at least 4 members (excludes halogenated alkanes) is 2. The lowest BCUT2D eigenvalue weighted by molar-refractivity contribution is -0.142. The van der Waals surface area contributed by atoms with Crippen molar-refractivity contribution >= 4 is 11.9 Å². The van der Waals surface area contributed by atoms with Crippen LogP contribution >= 0.6 is 0 Å². The Labute approximate surface area is 170 Å². The third-order valence-electron chi connectivity index (χ3n) is 3.11. The molecule has 0 aliphatic carbocycles. The fourth-order valence-corrected chi connectivity index (χ4v) is 1.41. The van der Waals surface area contributed by atoms with Gasteiger partial charge in [0.25, 0.3) is 5.97 Å². The summed E-state index contributed by atoms with van der Waals surface area (Å²) in [5, 5.41) is 15.5. The molecule has 6 nitrogen and oxygen atoms in total. The molecule has 0 aliphatic rings. The summed E-state index contributed by atoms with van der Waals surface area (Å²) in [6.07, 6.45) is 4.24. The van der Waals surface area contributed by atoms with E-state index in [1.165, 1.54) is 18.1 Å². The van der Waals surface area contributed by atoms with Crippen LogP contribution in [0.25, 0.3) is 0 Å². The van der Waals surface area contributed by atoms with Crippen LogP contribution in [0.2, 0.25) is 0 Å². The largest absolute Gasteiger partial charge is 0.481 e. The van der Waals surface area contributed by atoms with Crippen molar-refractivity contribution in [3.05, 3.63) is 35.4 Å². The second kappa shape index (κ2) is 25.1. The van der Waals surface area contributed by atoms with Crippen molar-refractivity contribution in [3.63, 3.8) is 0 Å². The van der Waals surface area contributed by atoms with Crippen molar-refractivity contribution in [3.8, 4) is 0 Å². The summed E-state index contributed by atoms with van der Waals surface area (Å²) >= 11 is 0. The van der Waals surface area contributed by atoms with Gasteiger partial charge in [-0.1, -0.05) is 51.0 Å². The number of carbonyl (C=O) groups is 2. The Hall–Kier alpha value is -1.92. The number of aliphatic hydroxyl groups is 1. The highest BCUT2D eigenvalue weighted by Crippen LogP contribution is 2.02. The smallest absolute Gasteiger partial charge is 0.302 e. The normalized spacial score (nSPS) is 8.82. The predicted molar refractivity (Wildman–Crippen MR) is 114 cm³/mol. The Kier molecular flexibility index (Phi) is 27.6. The molecule has 1 aromatic rings. The van der Waals surface area contributed by atoms with E-state index in [1.54, 1.807) is 0 Å². The van der Waals surface area contributed by atoms with E-state index in [9.17, 15) is 4.79 Å². The quantitative estimate of drug-likeness (QED) is 0.491. The first-order chi connectivity index (χ1) is 13.2. The average Bonchev–Trinajstić information content (AvgIpc) is 2.62. The fraction of sp³-hybridized carbons (Fsp3) is 0.636. The van der Waals surface area contributed by atoms with Crippen LogP contribution in [0.4, 0.5) is 0 Å². The average molecular weight is 401 g/mol. The van der Waals surface area contributed by atoms with E-state index in [0.717, 1.165) is 39.2 Å². The first-order valence-electron chi connectivity index (χ1n) is 9.76. The summed E-state index contributed by atoms with van der Waals surface area (Å²) in [6, 6.07) is 8.36. The maximum atomic E-state index is 10.3. The number of benzene rings is 1. The Morgan fingerprint density at radius 1 is 0.893 bits per heavy atom. The minimum absolute atomic E-state index is 0.246. The molecule has 0 fully saturated rings. The molecule has 0 heterocycles. The van der Waals surface area contributed by atoms with E-state index < -0.39 is 5.97 Å². The maximum absolute atomic E-state index is 10.3. The lowest BCUT2D eigenvalue weighted by Gasteiger charge is -2.02. The molecule has 0 atom stereocenters. The van der Waals surface area contributed by atoms with Gasteiger partial charge in [0, 0.05) is 27.1 Å². The van der Waals surface area contributed by atoms with Gasteiger partial charge in [0.15, 0.2) is 0 Å². The van der Waals surface area contributed by atoms with Gasteiger partial charge in [-0.15, -0.1) is 0 Å². The molecule has 6 heteroatoms. The summed E-state index contributed by atoms with van der Waals surface area (Å²) in [5.74, 6) is -1.08. The minimum atomic E-state index is -0.833. The van der Waals surface area contributed by atoms with Crippen LogP contribution in [0.1, 0.15) is 64.5 Å². The number of aliphatic carboxylic acids is 1. The van der Waals surface area contributed by atoms with E-state index in [4.69, 9.17) is 19.7 Å². The highest BCUT2D eigenvalue weighted by molar-refractivity contribution is 5.65. The number of hydrogen-bond donors (Lipinski definition) is 2. The van der Waals surface area contributed by atoms with Crippen LogP contribution < -0.4 is 0 Å². The van der Waals surface area contributed by atoms with E-state index in [2.05, 4.69) is 56.7 Å². The van der Waals surface area contributed by atoms with Crippen LogP contribution in [0.15, 0.2) is 24.3 Å². The molecule has 0 bridgehead atoms. The molecule has 1 aromatic carbocycles. The van der Waals surface area contributed by atoms with E-state index >= 15 is 0 Å². The van der Waals surface area contributed by atoms with Crippen molar-refractivity contribution in [2.24, 2.45) is 0 Å². The molecule has 0 unspecified atom stereocenters. The van der Waals surface area contributed by atoms with E-state index in [-0.39, 0.29) is 5.97 Å². The SMILES string of the molecule is CC(=O)O.CCCCO.CCCCOCCOC(C)=O.Cc1ccccc1C. The second-order valence-corrected chi connectivity index (χ2v) is 5.99. The third kappa shape index (κ3) is 35.2. The number of aryl methyl sites for hydroxylation is 2. The molecule has 0 saturated heterocycles. The number of carboxylic acids is 1. The van der Waals surface area contributed by atoms with Crippen LogP contribution in [-0.4, -0.2) is 48.6 Å². The van der Waals surface area contributed by atoms with Gasteiger partial charge in [0.1, 0.15) is 6.61 Å². The highest BCUT2D eigenvalue weighted by atomic mass is 16.6. The third-order valence-corrected chi connectivity index (χ3v) is 3.11. The van der Waals surface area contributed by atoms with Gasteiger partial charge in [-0.2, -0.15) is 0 Å². The molecule has 1 rings (SSSR count). The molecule has 28 heavy (non-hydrogen) atoms. The molecule has 0 aromatic heterocycles. The number of rotatable bonds is 8. The molecule has 0 spiro atoms. The van der Waals surface area contributed by atoms with Gasteiger partial charge in [-0.05, 0) is 37.8 Å². The number of carbonyl (C=O) groups excluding carboxylic acids is 1. The summed E-state index contributed by atoms with van der Waals surface area (Å²) in [6.45, 7) is 12.9. The molecule has 2 N–H and O–H groups in total. The van der Waals surface area contributed by atoms with Crippen molar-refractivity contribution < 1.29 is 29.3 Å². The topological polar surface area (TPSA) is 93.1 Å². The Morgan fingerprint density at radius 2 is 1.36 bits per heavy atom. The zero-order valence-corrected chi connectivity index (χ0v) is 18.5. The van der Waals surface area contributed by atoms with Crippen molar-refractivity contribution in [1.82, 2.24) is 0 Å². The van der Waals surface area contributed by atoms with Crippen LogP contribution in [0, 0.1) is 13.8 Å². The standard InChI is InChI=1S/C8H16O3.C8H10.C4H10O.C2H4O2/c1-3-4-5-10-6-7-11-8(2)9;1-7-5-3-4-6-8(7)2;1-2-3-4-5;1-2(3)4/h3-7H2,1-2H3;3-6H,1-2H3;5H,2-4H2,1H3;1H3,(H,3,4). The number of aliphatic hydroxyl groups excluding tert-OH is 1. The molecule has 0 amide bonds. The fourth-order valence-electron chi connectivity index (χ4n) is 1.41. The van der Waals surface area contributed by atoms with E-state index in [0.29, 0.717) is 19.8 Å². The predicted octanol–water partition coefficient (Wildman–Crippen LogP) is 4.54. The lowest BCUT2D eigenvalue weighted by atomic mass is 10.1. The second-order valence-electron chi connectivity index (χ2n) is 5.99. The lowest BCUT2D eigenvalue weighted by Crippen LogP contribution is -2.07. The summed E-state index contributed by atoms with van der Waals surface area (Å²) in [7, 11) is 0. The van der Waals surface area contributed by atoms with Gasteiger partial charge in [-0.25, -0.2) is 0 Å². The minimum Gasteiger partial charge on any atom is -0.481 e. The highest BCUT2D eigenvalue weighted by Gasteiger charge is 1.91. The van der Waals surface area contributed by atoms with Gasteiger partial charge in [0.05, 0.1) is 6.61 Å². The molecule has 0 saturated carbocycles. The number of esters is 1. The maximum Gasteiger partial charge on any atom is 0.302 e. The van der Waals surface area contributed by atoms with Crippen molar-refractivity contribution in [2.45, 2.75) is 67.2 Å². The Morgan fingerprint density at radius 3 is 1.64 bits per heavy atom. The van der Waals surface area contributed by atoms with Crippen LogP contribution in [0.5, 0.6) is 0 Å². The molecule has 164 valence electrons. The van der Waals surface area contributed by atoms with Gasteiger partial charge in [-0.3, -0.25) is 9.59 Å². The zero-order chi connectivity index (χ0) is 22.2. The Balaban J connectivity index is -0.000000322. The summed E-state index contributed by atoms with van der Waals surface area (Å²) in [5.41, 5.74) is 2.74. The zero-order valence-electron chi connectivity index (χ0n) is 18.5. The Bertz CT molecular complexity index is 447. The molecular formula is C22H40O6. The molecule has 0 aliphatic heterocycles. The monoisotopic (exact) mass is 400 g/mol. The first-order valence-corrected chi connectivity index (χ1v) is 9.76. The molecule has 0 radical (unpaired) electrons. The van der Waals surface area contributed by atoms with Crippen molar-refractivity contribution in [2.75, 3.05) is 26.4 Å². The van der Waals surface area contributed by atoms with Crippen molar-refractivity contribution in [1.29, 1.82) is 0 Å². The van der Waals surface area contributed by atoms with Crippen LogP contribution in [-0.2, 0) is 19.1 Å². The number of ether oxygens (including phenoxy) is 2. The summed E-state index contributed by atoms with van der Waals surface area (Å²) < 4.78 is 9.81. The van der Waals surface area contributed by atoms with Gasteiger partial charge >= 0.3 is 5.97 Å². The van der Waals surface area contributed by atoms with Gasteiger partial charge in [0.2, 0.25) is 0 Å². The van der Waals surface area contributed by atoms with Gasteiger partial charge < -0.3 is 19.7 Å².